The molecule has 0 aliphatic heterocycles. The molecule has 30 heavy (non-hydrogen) atoms. The van der Waals surface area contributed by atoms with Gasteiger partial charge in [0.2, 0.25) is 0 Å². The molecule has 0 aliphatic rings. The van der Waals surface area contributed by atoms with Crippen LogP contribution in [0.1, 0.15) is 0 Å². The van der Waals surface area contributed by atoms with Crippen molar-refractivity contribution in [1.82, 2.24) is 9.55 Å². The minimum atomic E-state index is 1.18. The number of para-hydroxylation sites is 2. The molecule has 2 nitrogen and oxygen atoms in total. The summed E-state index contributed by atoms with van der Waals surface area (Å²) in [7, 11) is 9.03. The maximum Gasteiger partial charge on any atom is 0.141 e. The number of rotatable bonds is 1. The fourth-order valence-electron chi connectivity index (χ4n) is 5.15. The lowest BCUT2D eigenvalue weighted by atomic mass is 9.65. The van der Waals surface area contributed by atoms with Crippen molar-refractivity contribution < 1.29 is 0 Å². The van der Waals surface area contributed by atoms with Crippen molar-refractivity contribution in [1.29, 1.82) is 0 Å². The summed E-state index contributed by atoms with van der Waals surface area (Å²) < 4.78 is 2.45. The largest absolute Gasteiger partial charge is 0.354 e. The van der Waals surface area contributed by atoms with Crippen molar-refractivity contribution in [3.8, 4) is 5.69 Å². The molecule has 0 amide bonds. The average Bonchev–Trinajstić information content (AvgIpc) is 3.31. The van der Waals surface area contributed by atoms with Crippen LogP contribution in [0.2, 0.25) is 0 Å². The normalized spacial score (nSPS) is 11.9. The van der Waals surface area contributed by atoms with Gasteiger partial charge in [0.05, 0.1) is 5.52 Å². The first-order valence-electron chi connectivity index (χ1n) is 10.6. The van der Waals surface area contributed by atoms with Gasteiger partial charge in [0.1, 0.15) is 31.4 Å². The monoisotopic (exact) mass is 380 g/mol. The Morgan fingerprint density at radius 2 is 1.27 bits per heavy atom. The van der Waals surface area contributed by atoms with Crippen LogP contribution in [0.3, 0.4) is 0 Å². The van der Waals surface area contributed by atoms with Crippen molar-refractivity contribution in [3.05, 3.63) is 66.7 Å². The fraction of sp³-hybridized carbons (Fsp3) is 0. The lowest BCUT2D eigenvalue weighted by Gasteiger charge is -2.16. The van der Waals surface area contributed by atoms with E-state index in [0.29, 0.717) is 0 Å². The first-order chi connectivity index (χ1) is 14.6. The summed E-state index contributed by atoms with van der Waals surface area (Å²) in [6.07, 6.45) is 0. The molecule has 0 saturated carbocycles. The van der Waals surface area contributed by atoms with E-state index in [-0.39, 0.29) is 0 Å². The highest BCUT2D eigenvalue weighted by Gasteiger charge is 2.18. The van der Waals surface area contributed by atoms with Gasteiger partial charge in [-0.15, -0.1) is 5.46 Å². The predicted octanol–water partition coefficient (Wildman–Crippen LogP) is -0.548. The zero-order valence-electron chi connectivity index (χ0n) is 17.8. The van der Waals surface area contributed by atoms with Crippen molar-refractivity contribution in [2.24, 2.45) is 0 Å². The highest BCUT2D eigenvalue weighted by molar-refractivity contribution is 6.67. The molecule has 2 aromatic heterocycles. The highest BCUT2D eigenvalue weighted by atomic mass is 15.0. The second-order valence-corrected chi connectivity index (χ2v) is 8.48. The summed E-state index contributed by atoms with van der Waals surface area (Å²) in [5.41, 5.74) is 11.7. The summed E-state index contributed by atoms with van der Waals surface area (Å²) >= 11 is 0. The van der Waals surface area contributed by atoms with Crippen LogP contribution in [-0.2, 0) is 0 Å². The van der Waals surface area contributed by atoms with Gasteiger partial charge in [-0.3, -0.25) is 0 Å². The van der Waals surface area contributed by atoms with Gasteiger partial charge >= 0.3 is 0 Å². The third-order valence-corrected chi connectivity index (χ3v) is 7.04. The Morgan fingerprint density at radius 3 is 2.10 bits per heavy atom. The van der Waals surface area contributed by atoms with Crippen molar-refractivity contribution in [2.75, 3.05) is 0 Å². The lowest BCUT2D eigenvalue weighted by molar-refractivity contribution is 1.19. The molecule has 0 radical (unpaired) electrons. The van der Waals surface area contributed by atoms with Gasteiger partial charge in [0.15, 0.2) is 0 Å². The summed E-state index contributed by atoms with van der Waals surface area (Å²) in [5.74, 6) is 0. The van der Waals surface area contributed by atoms with Gasteiger partial charge in [-0.25, -0.2) is 0 Å². The molecule has 0 atom stereocenters. The van der Waals surface area contributed by atoms with Gasteiger partial charge < -0.3 is 9.55 Å². The number of hydrogen-bond acceptors (Lipinski definition) is 0. The highest BCUT2D eigenvalue weighted by Crippen LogP contribution is 2.32. The molecule has 6 heteroatoms. The molecular formula is C24H20B4N2. The molecule has 2 heterocycles. The van der Waals surface area contributed by atoms with E-state index in [1.54, 1.807) is 0 Å². The van der Waals surface area contributed by atoms with Gasteiger partial charge in [0.25, 0.3) is 0 Å². The third-order valence-electron chi connectivity index (χ3n) is 7.04. The first kappa shape index (κ1) is 17.6. The van der Waals surface area contributed by atoms with E-state index in [2.05, 4.69) is 108 Å². The molecule has 138 valence electrons. The Kier molecular flexibility index (Phi) is 3.59. The molecule has 0 bridgehead atoms. The number of hydrogen-bond donors (Lipinski definition) is 1. The predicted molar refractivity (Wildman–Crippen MR) is 143 cm³/mol. The molecule has 6 rings (SSSR count). The Hall–Kier alpha value is -3.26. The standard InChI is InChI=1S/C24H20B4N2/c25-20-19-15-6-2-4-8-18(15)30(24(19)23(28)22(27)21(20)26)12-9-10-14-13-5-1-3-7-16(13)29-17(14)11-12/h1-11,29H,25-28H2. The Bertz CT molecular complexity index is 1640. The summed E-state index contributed by atoms with van der Waals surface area (Å²) in [4.78, 5) is 3.61. The number of benzene rings is 4. The number of aromatic amines is 1. The van der Waals surface area contributed by atoms with Crippen LogP contribution in [0, 0.1) is 0 Å². The zero-order valence-corrected chi connectivity index (χ0v) is 17.8. The summed E-state index contributed by atoms with van der Waals surface area (Å²) in [5, 5.41) is 5.26. The van der Waals surface area contributed by atoms with Crippen LogP contribution in [-0.4, -0.2) is 40.9 Å². The fourth-order valence-corrected chi connectivity index (χ4v) is 5.15. The second kappa shape index (κ2) is 6.12. The van der Waals surface area contributed by atoms with Crippen LogP contribution >= 0.6 is 0 Å². The number of H-pyrrole nitrogens is 1. The Labute approximate surface area is 178 Å². The van der Waals surface area contributed by atoms with E-state index in [0.717, 1.165) is 0 Å². The van der Waals surface area contributed by atoms with Crippen molar-refractivity contribution in [3.63, 3.8) is 0 Å². The smallest absolute Gasteiger partial charge is 0.141 e. The molecule has 0 spiro atoms. The zero-order chi connectivity index (χ0) is 20.6. The number of fused-ring (bicyclic) bond motifs is 6. The van der Waals surface area contributed by atoms with Crippen LogP contribution < -0.4 is 21.9 Å². The van der Waals surface area contributed by atoms with Gasteiger partial charge in [-0.2, -0.15) is 0 Å². The number of aromatic nitrogens is 2. The van der Waals surface area contributed by atoms with Crippen LogP contribution in [0.25, 0.3) is 49.3 Å². The maximum absolute atomic E-state index is 3.61. The molecule has 1 N–H and O–H groups in total. The van der Waals surface area contributed by atoms with Crippen LogP contribution in [0.15, 0.2) is 66.7 Å². The van der Waals surface area contributed by atoms with E-state index in [1.807, 2.05) is 0 Å². The minimum Gasteiger partial charge on any atom is -0.354 e. The van der Waals surface area contributed by atoms with Crippen LogP contribution in [0.4, 0.5) is 0 Å². The van der Waals surface area contributed by atoms with Gasteiger partial charge in [0, 0.05) is 43.8 Å². The molecular weight excluding hydrogens is 360 g/mol. The molecule has 6 aromatic rings. The van der Waals surface area contributed by atoms with E-state index in [9.17, 15) is 0 Å². The summed E-state index contributed by atoms with van der Waals surface area (Å²) in [6, 6.07) is 24.1. The molecule has 0 aliphatic carbocycles. The molecule has 0 saturated heterocycles. The minimum absolute atomic E-state index is 1.18. The van der Waals surface area contributed by atoms with Gasteiger partial charge in [-0.1, -0.05) is 58.9 Å². The van der Waals surface area contributed by atoms with E-state index in [4.69, 9.17) is 0 Å². The molecule has 0 unspecified atom stereocenters. The maximum atomic E-state index is 3.61. The Balaban J connectivity index is 1.78. The van der Waals surface area contributed by atoms with Crippen molar-refractivity contribution >= 4 is 96.8 Å². The van der Waals surface area contributed by atoms with E-state index >= 15 is 0 Å². The van der Waals surface area contributed by atoms with E-state index < -0.39 is 0 Å². The van der Waals surface area contributed by atoms with Gasteiger partial charge in [-0.05, 0) is 24.3 Å². The number of nitrogens with one attached hydrogen (secondary N) is 1. The summed E-state index contributed by atoms with van der Waals surface area (Å²) in [6.45, 7) is 0. The van der Waals surface area contributed by atoms with Crippen LogP contribution in [0.5, 0.6) is 0 Å². The Morgan fingerprint density at radius 1 is 0.600 bits per heavy atom. The second-order valence-electron chi connectivity index (χ2n) is 8.48. The third kappa shape index (κ3) is 2.19. The van der Waals surface area contributed by atoms with E-state index in [1.165, 1.54) is 71.2 Å². The quantitative estimate of drug-likeness (QED) is 0.370. The average molecular weight is 380 g/mol. The first-order valence-corrected chi connectivity index (χ1v) is 10.6. The lowest BCUT2D eigenvalue weighted by Crippen LogP contribution is -2.48. The number of nitrogens with zero attached hydrogens (tertiary/aromatic N) is 1. The SMILES string of the molecule is Bc1c(B)c(B)c2c(c1B)c1ccccc1n2-c1ccc2c(c1)[nH]c1ccccc12. The molecule has 4 aromatic carbocycles. The van der Waals surface area contributed by atoms with Crippen molar-refractivity contribution in [2.45, 2.75) is 0 Å². The molecule has 0 fully saturated rings. The topological polar surface area (TPSA) is 20.7 Å².